The van der Waals surface area contributed by atoms with Crippen molar-refractivity contribution in [2.45, 2.75) is 82.9 Å². The van der Waals surface area contributed by atoms with Gasteiger partial charge in [-0.1, -0.05) is 30.3 Å². The number of benzene rings is 2. The average Bonchev–Trinajstić information content (AvgIpc) is 3.72. The molecular weight excluding hydrogens is 717 g/mol. The molecule has 1 aliphatic carbocycles. The number of carboxylic acid groups (broad SMARTS) is 1. The van der Waals surface area contributed by atoms with Gasteiger partial charge in [-0.2, -0.15) is 5.21 Å². The minimum atomic E-state index is -0.930. The van der Waals surface area contributed by atoms with E-state index in [1.165, 1.54) is 4.90 Å². The number of tetrazole rings is 1. The molecule has 0 radical (unpaired) electrons. The highest BCUT2D eigenvalue weighted by atomic mass is 16.6. The van der Waals surface area contributed by atoms with Crippen molar-refractivity contribution in [3.05, 3.63) is 83.7 Å². The van der Waals surface area contributed by atoms with E-state index in [-0.39, 0.29) is 36.1 Å². The number of amides is 4. The van der Waals surface area contributed by atoms with Gasteiger partial charge in [-0.3, -0.25) is 9.59 Å². The monoisotopic (exact) mass is 768 g/mol. The fourth-order valence-electron chi connectivity index (χ4n) is 7.36. The van der Waals surface area contributed by atoms with Crippen LogP contribution in [-0.4, -0.2) is 98.5 Å². The number of hydrogen-bond acceptors (Lipinski definition) is 10. The molecule has 2 unspecified atom stereocenters. The summed E-state index contributed by atoms with van der Waals surface area (Å²) in [7, 11) is 0. The van der Waals surface area contributed by atoms with Gasteiger partial charge in [-0.25, -0.2) is 9.59 Å². The Labute approximate surface area is 326 Å². The highest BCUT2D eigenvalue weighted by Gasteiger charge is 2.32. The number of ether oxygens (including phenoxy) is 1. The number of aromatic nitrogens is 4. The van der Waals surface area contributed by atoms with Crippen molar-refractivity contribution < 1.29 is 29.0 Å². The number of H-pyrrole nitrogens is 1. The molecule has 16 nitrogen and oxygen atoms in total. The molecule has 3 aliphatic rings. The molecular formula is C40H52N10O6. The van der Waals surface area contributed by atoms with E-state index in [9.17, 15) is 24.3 Å². The predicted molar refractivity (Wildman–Crippen MR) is 209 cm³/mol. The standard InChI is InChI=1S/C40H52N10O6/c1-39(2,3)56-37(53)43-23-26-5-9-28(10-6-26)35(51)45-31(36(52)44-30-15-11-27(12-16-30)34-46-48-49-47-34)21-25-7-13-29(14-8-25)40(4)17-18-41-32(22-40)33-24-50(38(54)55)20-19-42-33/h7-8,11-18,22,26,28,31,33,41-42H,5-6,9-10,19-21,23-24H2,1-4H3,(H,43,53)(H,44,52)(H,45,51)(H,54,55)(H,46,47,48,49)/t26?,28?,31-,33?,40?/m0/s1. The number of piperazine rings is 1. The summed E-state index contributed by atoms with van der Waals surface area (Å²) in [5.74, 6) is -0.103. The number of nitrogens with zero attached hydrogens (tertiary/aromatic N) is 4. The average molecular weight is 769 g/mol. The lowest BCUT2D eigenvalue weighted by atomic mass is 9.79. The molecule has 3 heterocycles. The van der Waals surface area contributed by atoms with E-state index in [1.807, 2.05) is 51.2 Å². The summed E-state index contributed by atoms with van der Waals surface area (Å²) in [4.78, 5) is 52.8. The van der Waals surface area contributed by atoms with Gasteiger partial charge in [-0.05, 0) is 112 Å². The van der Waals surface area contributed by atoms with E-state index in [4.69, 9.17) is 4.74 Å². The number of carbonyl (C=O) groups is 4. The van der Waals surface area contributed by atoms with Crippen molar-refractivity contribution in [3.63, 3.8) is 0 Å². The van der Waals surface area contributed by atoms with E-state index in [0.717, 1.165) is 35.2 Å². The summed E-state index contributed by atoms with van der Waals surface area (Å²) in [6, 6.07) is 14.1. The molecule has 2 aromatic carbocycles. The Morgan fingerprint density at radius 3 is 2.43 bits per heavy atom. The molecule has 1 aromatic heterocycles. The van der Waals surface area contributed by atoms with Crippen LogP contribution in [0.5, 0.6) is 0 Å². The Balaban J connectivity index is 1.12. The molecule has 2 fully saturated rings. The fraction of sp³-hybridized carbons (Fsp3) is 0.475. The van der Waals surface area contributed by atoms with Crippen LogP contribution < -0.4 is 26.6 Å². The number of alkyl carbamates (subject to hydrolysis) is 1. The molecule has 6 rings (SSSR count). The maximum Gasteiger partial charge on any atom is 0.407 e. The first kappa shape index (κ1) is 39.9. The van der Waals surface area contributed by atoms with Gasteiger partial charge in [0.1, 0.15) is 11.6 Å². The maximum absolute atomic E-state index is 13.9. The molecule has 0 bridgehead atoms. The van der Waals surface area contributed by atoms with Gasteiger partial charge in [0.05, 0.1) is 6.04 Å². The van der Waals surface area contributed by atoms with Crippen molar-refractivity contribution in [3.8, 4) is 11.4 Å². The van der Waals surface area contributed by atoms with Gasteiger partial charge in [0, 0.05) is 60.9 Å². The molecule has 4 amide bonds. The molecule has 2 aliphatic heterocycles. The second-order valence-corrected chi connectivity index (χ2v) is 16.0. The lowest BCUT2D eigenvalue weighted by Gasteiger charge is -2.36. The fourth-order valence-corrected chi connectivity index (χ4v) is 7.36. The quantitative estimate of drug-likeness (QED) is 0.148. The Morgan fingerprint density at radius 2 is 1.77 bits per heavy atom. The Kier molecular flexibility index (Phi) is 12.4. The van der Waals surface area contributed by atoms with Crippen LogP contribution in [0.4, 0.5) is 15.3 Å². The second-order valence-electron chi connectivity index (χ2n) is 16.0. The number of carbonyl (C=O) groups excluding carboxylic acids is 3. The Hall–Kier alpha value is -5.77. The van der Waals surface area contributed by atoms with Gasteiger partial charge in [0.15, 0.2) is 0 Å². The largest absolute Gasteiger partial charge is 0.465 e. The van der Waals surface area contributed by atoms with Crippen molar-refractivity contribution >= 4 is 29.7 Å². The van der Waals surface area contributed by atoms with Crippen LogP contribution in [-0.2, 0) is 26.2 Å². The second kappa shape index (κ2) is 17.4. The molecule has 16 heteroatoms. The molecule has 1 saturated heterocycles. The third kappa shape index (κ3) is 10.5. The molecule has 56 heavy (non-hydrogen) atoms. The predicted octanol–water partition coefficient (Wildman–Crippen LogP) is 4.07. The molecule has 3 atom stereocenters. The number of anilines is 1. The molecule has 298 valence electrons. The van der Waals surface area contributed by atoms with E-state index < -0.39 is 29.2 Å². The van der Waals surface area contributed by atoms with E-state index >= 15 is 0 Å². The van der Waals surface area contributed by atoms with E-state index in [1.54, 1.807) is 24.3 Å². The van der Waals surface area contributed by atoms with Crippen LogP contribution in [0.1, 0.15) is 64.5 Å². The number of rotatable bonds is 11. The zero-order chi connectivity index (χ0) is 39.9. The Bertz CT molecular complexity index is 1900. The van der Waals surface area contributed by atoms with Crippen LogP contribution in [0.15, 0.2) is 72.6 Å². The molecule has 7 N–H and O–H groups in total. The molecule has 0 spiro atoms. The van der Waals surface area contributed by atoms with Gasteiger partial charge in [0.2, 0.25) is 17.6 Å². The van der Waals surface area contributed by atoms with E-state index in [0.29, 0.717) is 50.5 Å². The minimum absolute atomic E-state index is 0.162. The molecule has 1 saturated carbocycles. The number of aromatic amines is 1. The van der Waals surface area contributed by atoms with Crippen molar-refractivity contribution in [2.24, 2.45) is 11.8 Å². The first-order chi connectivity index (χ1) is 26.7. The van der Waals surface area contributed by atoms with Gasteiger partial charge >= 0.3 is 12.2 Å². The van der Waals surface area contributed by atoms with Crippen LogP contribution in [0.25, 0.3) is 11.4 Å². The third-order valence-corrected chi connectivity index (χ3v) is 10.5. The smallest absolute Gasteiger partial charge is 0.407 e. The van der Waals surface area contributed by atoms with Crippen LogP contribution in [0.2, 0.25) is 0 Å². The normalized spacial score (nSPS) is 22.9. The lowest BCUT2D eigenvalue weighted by Crippen LogP contribution is -2.54. The van der Waals surface area contributed by atoms with Crippen LogP contribution in [0.3, 0.4) is 0 Å². The molecule has 3 aromatic rings. The summed E-state index contributed by atoms with van der Waals surface area (Å²) in [6.45, 7) is 9.41. The first-order valence-electron chi connectivity index (χ1n) is 19.1. The summed E-state index contributed by atoms with van der Waals surface area (Å²) in [6.07, 6.45) is 7.79. The maximum atomic E-state index is 13.9. The van der Waals surface area contributed by atoms with Crippen LogP contribution >= 0.6 is 0 Å². The minimum Gasteiger partial charge on any atom is -0.465 e. The highest BCUT2D eigenvalue weighted by molar-refractivity contribution is 5.97. The van der Waals surface area contributed by atoms with E-state index in [2.05, 4.69) is 66.3 Å². The SMILES string of the molecule is CC(C)(C)OC(=O)NCC1CCC(C(=O)N[C@@H](Cc2ccc(C3(C)C=CNC(C4CN(C(=O)O)CCN4)=C3)cc2)C(=O)Nc2ccc(-c3nn[nH]n3)cc2)CC1. The van der Waals surface area contributed by atoms with Gasteiger partial charge < -0.3 is 41.3 Å². The summed E-state index contributed by atoms with van der Waals surface area (Å²) in [5, 5.41) is 39.2. The first-order valence-corrected chi connectivity index (χ1v) is 19.1. The van der Waals surface area contributed by atoms with Crippen molar-refractivity contribution in [2.75, 3.05) is 31.5 Å². The zero-order valence-corrected chi connectivity index (χ0v) is 32.3. The highest BCUT2D eigenvalue weighted by Crippen LogP contribution is 2.32. The number of hydrogen-bond donors (Lipinski definition) is 7. The summed E-state index contributed by atoms with van der Waals surface area (Å²) < 4.78 is 5.36. The number of dihydropyridines is 1. The zero-order valence-electron chi connectivity index (χ0n) is 32.3. The number of allylic oxidation sites excluding steroid dienone is 2. The Morgan fingerprint density at radius 1 is 1.04 bits per heavy atom. The number of nitrogens with one attached hydrogen (secondary N) is 6. The third-order valence-electron chi connectivity index (χ3n) is 10.5. The lowest BCUT2D eigenvalue weighted by molar-refractivity contribution is -0.130. The van der Waals surface area contributed by atoms with Crippen molar-refractivity contribution in [1.29, 1.82) is 0 Å². The topological polar surface area (TPSA) is 216 Å². The summed E-state index contributed by atoms with van der Waals surface area (Å²) >= 11 is 0. The summed E-state index contributed by atoms with van der Waals surface area (Å²) in [5.41, 5.74) is 3.05. The van der Waals surface area contributed by atoms with Crippen molar-refractivity contribution in [1.82, 2.24) is 46.8 Å². The van der Waals surface area contributed by atoms with Gasteiger partial charge in [-0.15, -0.1) is 10.2 Å². The van der Waals surface area contributed by atoms with Crippen LogP contribution in [0, 0.1) is 11.8 Å². The van der Waals surface area contributed by atoms with Gasteiger partial charge in [0.25, 0.3) is 0 Å².